The van der Waals surface area contributed by atoms with Gasteiger partial charge in [-0.05, 0) is 55.3 Å². The summed E-state index contributed by atoms with van der Waals surface area (Å²) in [6.07, 6.45) is 4.38. The third kappa shape index (κ3) is 3.51. The number of nitrogens with zero attached hydrogens (tertiary/aromatic N) is 1. The summed E-state index contributed by atoms with van der Waals surface area (Å²) in [5, 5.41) is 12.9. The number of nitrogens with one attached hydrogen (secondary N) is 2. The van der Waals surface area contributed by atoms with Crippen molar-refractivity contribution < 1.29 is 14.7 Å². The zero-order chi connectivity index (χ0) is 17.8. The van der Waals surface area contributed by atoms with Gasteiger partial charge >= 0.3 is 5.97 Å². The van der Waals surface area contributed by atoms with Crippen molar-refractivity contribution in [2.24, 2.45) is 5.73 Å². The largest absolute Gasteiger partial charge is 0.477 e. The molecule has 1 aromatic carbocycles. The molecule has 7 nitrogen and oxygen atoms in total. The number of anilines is 1. The predicted molar refractivity (Wildman–Crippen MR) is 94.8 cm³/mol. The van der Waals surface area contributed by atoms with Crippen LogP contribution in [0, 0.1) is 0 Å². The lowest BCUT2D eigenvalue weighted by Crippen LogP contribution is -2.11. The molecule has 0 fully saturated rings. The maximum Gasteiger partial charge on any atom is 0.352 e. The number of aromatic amines is 1. The van der Waals surface area contributed by atoms with Crippen LogP contribution in [-0.4, -0.2) is 33.5 Å². The third-order valence-electron chi connectivity index (χ3n) is 3.93. The number of nitrogens with two attached hydrogens (primary N) is 1. The topological polar surface area (TPSA) is 121 Å². The van der Waals surface area contributed by atoms with E-state index in [-0.39, 0.29) is 11.6 Å². The Bertz CT molecular complexity index is 919. The molecule has 0 saturated carbocycles. The number of hydrogen-bond acceptors (Lipinski definition) is 4. The highest BCUT2D eigenvalue weighted by molar-refractivity contribution is 6.07. The molecular formula is C18H18N4O3. The van der Waals surface area contributed by atoms with Gasteiger partial charge in [0.25, 0.3) is 5.91 Å². The van der Waals surface area contributed by atoms with E-state index in [4.69, 9.17) is 5.73 Å². The molecule has 0 spiro atoms. The van der Waals surface area contributed by atoms with Crippen LogP contribution in [0.2, 0.25) is 0 Å². The quantitative estimate of drug-likeness (QED) is 0.550. The molecule has 3 aromatic rings. The molecule has 25 heavy (non-hydrogen) atoms. The van der Waals surface area contributed by atoms with Gasteiger partial charge in [-0.1, -0.05) is 0 Å². The summed E-state index contributed by atoms with van der Waals surface area (Å²) in [4.78, 5) is 30.8. The first kappa shape index (κ1) is 16.7. The van der Waals surface area contributed by atoms with Crippen molar-refractivity contribution in [3.05, 3.63) is 59.5 Å². The first-order valence-electron chi connectivity index (χ1n) is 7.89. The summed E-state index contributed by atoms with van der Waals surface area (Å²) in [5.74, 6) is -1.30. The highest BCUT2D eigenvalue weighted by atomic mass is 16.4. The second-order valence-corrected chi connectivity index (χ2v) is 5.63. The molecule has 1 amide bonds. The molecule has 0 aliphatic heterocycles. The highest BCUT2D eigenvalue weighted by Crippen LogP contribution is 2.25. The van der Waals surface area contributed by atoms with Gasteiger partial charge in [-0.2, -0.15) is 0 Å². The maximum atomic E-state index is 12.4. The molecular weight excluding hydrogens is 320 g/mol. The monoisotopic (exact) mass is 338 g/mol. The minimum Gasteiger partial charge on any atom is -0.477 e. The van der Waals surface area contributed by atoms with Gasteiger partial charge in [0, 0.05) is 22.7 Å². The predicted octanol–water partition coefficient (Wildman–Crippen LogP) is 2.40. The van der Waals surface area contributed by atoms with Crippen molar-refractivity contribution in [1.82, 2.24) is 9.97 Å². The minimum atomic E-state index is -1.02. The second kappa shape index (κ2) is 7.14. The number of benzene rings is 1. The van der Waals surface area contributed by atoms with E-state index in [1.165, 1.54) is 0 Å². The number of carbonyl (C=O) groups is 2. The summed E-state index contributed by atoms with van der Waals surface area (Å²) in [5.41, 5.74) is 8.09. The number of carbonyl (C=O) groups excluding carboxylic acids is 1. The molecule has 7 heteroatoms. The fourth-order valence-electron chi connectivity index (χ4n) is 2.75. The first-order valence-corrected chi connectivity index (χ1v) is 7.89. The number of rotatable bonds is 6. The number of carboxylic acids is 1. The Morgan fingerprint density at radius 3 is 2.80 bits per heavy atom. The third-order valence-corrected chi connectivity index (χ3v) is 3.93. The van der Waals surface area contributed by atoms with E-state index in [1.807, 2.05) is 0 Å². The molecule has 3 rings (SSSR count). The molecule has 0 atom stereocenters. The van der Waals surface area contributed by atoms with Crippen LogP contribution in [0.5, 0.6) is 0 Å². The lowest BCUT2D eigenvalue weighted by Gasteiger charge is -2.05. The molecule has 0 aliphatic carbocycles. The number of carboxylic acid groups (broad SMARTS) is 1. The van der Waals surface area contributed by atoms with Gasteiger partial charge in [0.15, 0.2) is 0 Å². The van der Waals surface area contributed by atoms with E-state index in [1.54, 1.807) is 42.7 Å². The zero-order valence-corrected chi connectivity index (χ0v) is 13.5. The number of amides is 1. The molecule has 0 aliphatic rings. The van der Waals surface area contributed by atoms with Crippen molar-refractivity contribution in [3.63, 3.8) is 0 Å². The van der Waals surface area contributed by atoms with Crippen LogP contribution >= 0.6 is 0 Å². The molecule has 0 bridgehead atoms. The number of pyridine rings is 1. The van der Waals surface area contributed by atoms with E-state index in [2.05, 4.69) is 15.3 Å². The highest BCUT2D eigenvalue weighted by Gasteiger charge is 2.18. The van der Waals surface area contributed by atoms with Crippen molar-refractivity contribution in [1.29, 1.82) is 0 Å². The summed E-state index contributed by atoms with van der Waals surface area (Å²) in [6, 6.07) is 8.55. The van der Waals surface area contributed by atoms with Crippen molar-refractivity contribution in [2.75, 3.05) is 11.9 Å². The van der Waals surface area contributed by atoms with Gasteiger partial charge in [0.2, 0.25) is 0 Å². The Labute approximate surface area is 143 Å². The van der Waals surface area contributed by atoms with Gasteiger partial charge in [-0.25, -0.2) is 4.79 Å². The molecule has 5 N–H and O–H groups in total. The number of fused-ring (bicyclic) bond motifs is 1. The second-order valence-electron chi connectivity index (χ2n) is 5.63. The van der Waals surface area contributed by atoms with Crippen LogP contribution in [0.25, 0.3) is 10.9 Å². The summed E-state index contributed by atoms with van der Waals surface area (Å²) in [6.45, 7) is 0.465. The Hall–Kier alpha value is -3.19. The maximum absolute atomic E-state index is 12.4. The summed E-state index contributed by atoms with van der Waals surface area (Å²) >= 11 is 0. The van der Waals surface area contributed by atoms with Crippen LogP contribution in [0.3, 0.4) is 0 Å². The van der Waals surface area contributed by atoms with Gasteiger partial charge in [-0.3, -0.25) is 9.78 Å². The van der Waals surface area contributed by atoms with E-state index in [9.17, 15) is 14.7 Å². The fraction of sp³-hybridized carbons (Fsp3) is 0.167. The number of aromatic nitrogens is 2. The summed E-state index contributed by atoms with van der Waals surface area (Å²) < 4.78 is 0. The lowest BCUT2D eigenvalue weighted by molar-refractivity contribution is 0.0690. The van der Waals surface area contributed by atoms with Gasteiger partial charge in [0.05, 0.1) is 11.9 Å². The van der Waals surface area contributed by atoms with Crippen LogP contribution in [0.4, 0.5) is 5.69 Å². The van der Waals surface area contributed by atoms with E-state index >= 15 is 0 Å². The average Bonchev–Trinajstić information content (AvgIpc) is 2.98. The molecule has 128 valence electrons. The average molecular weight is 338 g/mol. The van der Waals surface area contributed by atoms with Crippen LogP contribution in [-0.2, 0) is 6.42 Å². The van der Waals surface area contributed by atoms with E-state index in [0.29, 0.717) is 41.7 Å². The number of H-pyrrole nitrogens is 1. The molecule has 0 saturated heterocycles. The van der Waals surface area contributed by atoms with E-state index in [0.717, 1.165) is 5.39 Å². The standard InChI is InChI=1S/C18H18N4O3/c19-7-1-4-13-14-9-11(5-6-15(14)22-16(13)18(24)25)17(23)21-12-3-2-8-20-10-12/h2-3,5-6,8-10,22H,1,4,7,19H2,(H,21,23)(H,24,25). The van der Waals surface area contributed by atoms with E-state index < -0.39 is 5.97 Å². The van der Waals surface area contributed by atoms with Crippen molar-refractivity contribution >= 4 is 28.5 Å². The Balaban J connectivity index is 1.97. The van der Waals surface area contributed by atoms with Crippen LogP contribution in [0.15, 0.2) is 42.7 Å². The van der Waals surface area contributed by atoms with Crippen LogP contribution in [0.1, 0.15) is 32.8 Å². The zero-order valence-electron chi connectivity index (χ0n) is 13.5. The smallest absolute Gasteiger partial charge is 0.352 e. The number of hydrogen-bond donors (Lipinski definition) is 4. The first-order chi connectivity index (χ1) is 12.1. The Morgan fingerprint density at radius 1 is 1.28 bits per heavy atom. The Kier molecular flexibility index (Phi) is 4.76. The van der Waals surface area contributed by atoms with Gasteiger partial charge in [0.1, 0.15) is 5.69 Å². The fourth-order valence-corrected chi connectivity index (χ4v) is 2.75. The van der Waals surface area contributed by atoms with Gasteiger partial charge in [-0.15, -0.1) is 0 Å². The number of aromatic carboxylic acids is 1. The number of aryl methyl sites for hydroxylation is 1. The minimum absolute atomic E-state index is 0.147. The molecule has 0 radical (unpaired) electrons. The van der Waals surface area contributed by atoms with Crippen molar-refractivity contribution in [2.45, 2.75) is 12.8 Å². The summed E-state index contributed by atoms with van der Waals surface area (Å²) in [7, 11) is 0. The lowest BCUT2D eigenvalue weighted by atomic mass is 10.0. The molecule has 2 aromatic heterocycles. The van der Waals surface area contributed by atoms with Crippen molar-refractivity contribution in [3.8, 4) is 0 Å². The van der Waals surface area contributed by atoms with Crippen LogP contribution < -0.4 is 11.1 Å². The molecule has 0 unspecified atom stereocenters. The normalized spacial score (nSPS) is 10.8. The Morgan fingerprint density at radius 2 is 2.12 bits per heavy atom. The van der Waals surface area contributed by atoms with Gasteiger partial charge < -0.3 is 21.1 Å². The SMILES string of the molecule is NCCCc1c(C(=O)O)[nH]c2ccc(C(=O)Nc3cccnc3)cc12. The molecule has 2 heterocycles.